The molecule has 0 saturated carbocycles. The van der Waals surface area contributed by atoms with E-state index in [9.17, 15) is 4.79 Å². The molecule has 37 heavy (non-hydrogen) atoms. The molecule has 0 atom stereocenters. The van der Waals surface area contributed by atoms with Crippen molar-refractivity contribution in [3.63, 3.8) is 0 Å². The van der Waals surface area contributed by atoms with Gasteiger partial charge < -0.3 is 5.32 Å². The van der Waals surface area contributed by atoms with Crippen molar-refractivity contribution in [2.45, 2.75) is 25.4 Å². The second kappa shape index (κ2) is 11.3. The Morgan fingerprint density at radius 2 is 1.78 bits per heavy atom. The van der Waals surface area contributed by atoms with E-state index in [1.54, 1.807) is 6.20 Å². The van der Waals surface area contributed by atoms with Crippen LogP contribution in [0.2, 0.25) is 5.02 Å². The topological polar surface area (TPSA) is 72.7 Å². The number of aromatic nitrogens is 4. The summed E-state index contributed by atoms with van der Waals surface area (Å²) in [5, 5.41) is 13.8. The Morgan fingerprint density at radius 1 is 1.00 bits per heavy atom. The molecule has 1 amide bonds. The second-order valence-corrected chi connectivity index (χ2v) is 11.0. The Morgan fingerprint density at radius 3 is 2.57 bits per heavy atom. The normalized spacial score (nSPS) is 11.0. The molecule has 2 aromatic heterocycles. The Bertz CT molecular complexity index is 1550. The molecule has 5 rings (SSSR count). The summed E-state index contributed by atoms with van der Waals surface area (Å²) in [4.78, 5) is 18.2. The number of anilines is 1. The number of nitrogens with one attached hydrogen (secondary N) is 1. The molecular weight excluding hydrogens is 522 g/mol. The van der Waals surface area contributed by atoms with Crippen molar-refractivity contribution in [3.05, 3.63) is 106 Å². The van der Waals surface area contributed by atoms with Crippen LogP contribution in [0.4, 0.5) is 5.13 Å². The van der Waals surface area contributed by atoms with E-state index >= 15 is 0 Å². The van der Waals surface area contributed by atoms with Crippen LogP contribution in [0.25, 0.3) is 17.1 Å². The minimum Gasteiger partial charge on any atom is -0.301 e. The highest BCUT2D eigenvalue weighted by Gasteiger charge is 2.18. The molecule has 0 fully saturated rings. The predicted octanol–water partition coefficient (Wildman–Crippen LogP) is 6.98. The number of carbonyl (C=O) groups is 1. The van der Waals surface area contributed by atoms with Crippen LogP contribution in [0.5, 0.6) is 0 Å². The molecule has 0 aliphatic carbocycles. The highest BCUT2D eigenvalue weighted by atomic mass is 35.5. The summed E-state index contributed by atoms with van der Waals surface area (Å²) in [6, 6.07) is 24.0. The lowest BCUT2D eigenvalue weighted by Gasteiger charge is -2.12. The van der Waals surface area contributed by atoms with Gasteiger partial charge in [-0.25, -0.2) is 4.98 Å². The molecule has 3 aromatic carbocycles. The monoisotopic (exact) mass is 545 g/mol. The van der Waals surface area contributed by atoms with Gasteiger partial charge in [-0.05, 0) is 42.7 Å². The molecule has 0 spiro atoms. The number of thioether (sulfide) groups is 1. The standard InChI is InChI=1S/C28H24ClN5OS2/c1-18-12-13-20(15-23(18)29)14-22-16-30-27(37-22)31-25(35)17-36-28-33-32-26(21-9-4-3-5-10-21)34(28)24-11-7-6-8-19(24)2/h3-13,15-16H,14,17H2,1-2H3,(H,30,31,35). The number of para-hydroxylation sites is 1. The lowest BCUT2D eigenvalue weighted by atomic mass is 10.1. The van der Waals surface area contributed by atoms with Crippen LogP contribution in [0, 0.1) is 13.8 Å². The van der Waals surface area contributed by atoms with Crippen molar-refractivity contribution in [3.8, 4) is 17.1 Å². The van der Waals surface area contributed by atoms with Crippen LogP contribution in [0.1, 0.15) is 21.6 Å². The van der Waals surface area contributed by atoms with Crippen molar-refractivity contribution in [2.75, 3.05) is 11.1 Å². The smallest absolute Gasteiger partial charge is 0.236 e. The maximum absolute atomic E-state index is 12.8. The van der Waals surface area contributed by atoms with E-state index in [0.717, 1.165) is 43.7 Å². The third kappa shape index (κ3) is 5.93. The van der Waals surface area contributed by atoms with Gasteiger partial charge >= 0.3 is 0 Å². The minimum absolute atomic E-state index is 0.148. The molecule has 2 heterocycles. The van der Waals surface area contributed by atoms with E-state index in [1.165, 1.54) is 23.1 Å². The first-order valence-electron chi connectivity index (χ1n) is 11.7. The number of hydrogen-bond acceptors (Lipinski definition) is 6. The third-order valence-corrected chi connectivity index (χ3v) is 8.02. The summed E-state index contributed by atoms with van der Waals surface area (Å²) in [6.07, 6.45) is 2.51. The molecule has 1 N–H and O–H groups in total. The van der Waals surface area contributed by atoms with Crippen LogP contribution in [0.3, 0.4) is 0 Å². The number of rotatable bonds is 8. The largest absolute Gasteiger partial charge is 0.301 e. The maximum atomic E-state index is 12.8. The summed E-state index contributed by atoms with van der Waals surface area (Å²) < 4.78 is 2.01. The van der Waals surface area contributed by atoms with Gasteiger partial charge in [0.25, 0.3) is 0 Å². The SMILES string of the molecule is Cc1ccc(Cc2cnc(NC(=O)CSc3nnc(-c4ccccc4)n3-c3ccccc3C)s2)cc1Cl. The maximum Gasteiger partial charge on any atom is 0.236 e. The summed E-state index contributed by atoms with van der Waals surface area (Å²) in [6.45, 7) is 4.03. The van der Waals surface area contributed by atoms with Gasteiger partial charge in [-0.3, -0.25) is 9.36 Å². The molecule has 186 valence electrons. The fourth-order valence-corrected chi connectivity index (χ4v) is 5.66. The van der Waals surface area contributed by atoms with Gasteiger partial charge in [0.2, 0.25) is 5.91 Å². The molecule has 0 saturated heterocycles. The first kappa shape index (κ1) is 25.2. The second-order valence-electron chi connectivity index (χ2n) is 8.52. The number of halogens is 1. The number of aryl methyl sites for hydroxylation is 2. The Hall–Kier alpha value is -3.46. The van der Waals surface area contributed by atoms with Gasteiger partial charge in [-0.2, -0.15) is 0 Å². The van der Waals surface area contributed by atoms with Gasteiger partial charge in [0, 0.05) is 28.1 Å². The molecule has 6 nitrogen and oxygen atoms in total. The predicted molar refractivity (Wildman–Crippen MR) is 152 cm³/mol. The highest BCUT2D eigenvalue weighted by molar-refractivity contribution is 7.99. The van der Waals surface area contributed by atoms with Gasteiger partial charge in [0.1, 0.15) is 0 Å². The van der Waals surface area contributed by atoms with Gasteiger partial charge in [-0.1, -0.05) is 84.0 Å². The number of amides is 1. The van der Waals surface area contributed by atoms with E-state index in [-0.39, 0.29) is 11.7 Å². The number of carbonyl (C=O) groups excluding carboxylic acids is 1. The molecule has 0 aliphatic rings. The van der Waals surface area contributed by atoms with E-state index in [4.69, 9.17) is 11.6 Å². The minimum atomic E-state index is -0.148. The zero-order valence-corrected chi connectivity index (χ0v) is 22.7. The first-order valence-corrected chi connectivity index (χ1v) is 13.8. The van der Waals surface area contributed by atoms with Crippen LogP contribution in [-0.4, -0.2) is 31.4 Å². The van der Waals surface area contributed by atoms with E-state index in [1.807, 2.05) is 72.2 Å². The average molecular weight is 546 g/mol. The van der Waals surface area contributed by atoms with Crippen LogP contribution in [-0.2, 0) is 11.2 Å². The van der Waals surface area contributed by atoms with Crippen LogP contribution >= 0.6 is 34.7 Å². The zero-order chi connectivity index (χ0) is 25.8. The zero-order valence-electron chi connectivity index (χ0n) is 20.3. The summed E-state index contributed by atoms with van der Waals surface area (Å²) in [5.74, 6) is 0.768. The van der Waals surface area contributed by atoms with E-state index in [2.05, 4.69) is 39.6 Å². The molecule has 0 bridgehead atoms. The number of nitrogens with zero attached hydrogens (tertiary/aromatic N) is 4. The summed E-state index contributed by atoms with van der Waals surface area (Å²) in [7, 11) is 0. The number of thiazole rings is 1. The molecular formula is C28H24ClN5OS2. The van der Waals surface area contributed by atoms with Gasteiger partial charge in [-0.15, -0.1) is 21.5 Å². The fraction of sp³-hybridized carbons (Fsp3) is 0.143. The highest BCUT2D eigenvalue weighted by Crippen LogP contribution is 2.30. The van der Waals surface area contributed by atoms with Crippen LogP contribution in [0.15, 0.2) is 84.1 Å². The molecule has 0 aliphatic heterocycles. The number of benzene rings is 3. The van der Waals surface area contributed by atoms with Crippen molar-refractivity contribution in [2.24, 2.45) is 0 Å². The fourth-order valence-electron chi connectivity index (χ4n) is 3.85. The Balaban J connectivity index is 1.29. The van der Waals surface area contributed by atoms with E-state index < -0.39 is 0 Å². The Kier molecular flexibility index (Phi) is 7.69. The van der Waals surface area contributed by atoms with Crippen molar-refractivity contribution in [1.82, 2.24) is 19.7 Å². The average Bonchev–Trinajstić information content (AvgIpc) is 3.52. The Labute approximate surface area is 228 Å². The summed E-state index contributed by atoms with van der Waals surface area (Å²) in [5.41, 5.74) is 5.19. The lowest BCUT2D eigenvalue weighted by molar-refractivity contribution is -0.113. The van der Waals surface area contributed by atoms with Crippen molar-refractivity contribution >= 4 is 45.7 Å². The number of hydrogen-bond donors (Lipinski definition) is 1. The summed E-state index contributed by atoms with van der Waals surface area (Å²) >= 11 is 9.06. The van der Waals surface area contributed by atoms with Gasteiger partial charge in [0.15, 0.2) is 16.1 Å². The molecule has 9 heteroatoms. The van der Waals surface area contributed by atoms with Crippen LogP contribution < -0.4 is 5.32 Å². The third-order valence-electron chi connectivity index (χ3n) is 5.77. The van der Waals surface area contributed by atoms with E-state index in [0.29, 0.717) is 16.7 Å². The molecule has 0 unspecified atom stereocenters. The quantitative estimate of drug-likeness (QED) is 0.213. The van der Waals surface area contributed by atoms with Crippen molar-refractivity contribution in [1.29, 1.82) is 0 Å². The lowest BCUT2D eigenvalue weighted by Crippen LogP contribution is -2.14. The molecule has 5 aromatic rings. The van der Waals surface area contributed by atoms with Crippen molar-refractivity contribution < 1.29 is 4.79 Å². The molecule has 0 radical (unpaired) electrons. The van der Waals surface area contributed by atoms with Gasteiger partial charge in [0.05, 0.1) is 11.4 Å². The first-order chi connectivity index (χ1) is 18.0.